The molecule has 1 rings (SSSR count). The highest BCUT2D eigenvalue weighted by Crippen LogP contribution is 2.38. The van der Waals surface area contributed by atoms with Gasteiger partial charge in [-0.1, -0.05) is 11.8 Å². The number of hydrogen-bond donors (Lipinski definition) is 4. The van der Waals surface area contributed by atoms with Gasteiger partial charge in [0.15, 0.2) is 11.3 Å². The summed E-state index contributed by atoms with van der Waals surface area (Å²) < 4.78 is 0. The second kappa shape index (κ2) is 9.08. The van der Waals surface area contributed by atoms with E-state index in [4.69, 9.17) is 5.11 Å². The number of likely N-dealkylation sites (N-methyl/N-ethyl adjacent to an activating group) is 1. The lowest BCUT2D eigenvalue weighted by molar-refractivity contribution is -0.386. The first kappa shape index (κ1) is 21.3. The summed E-state index contributed by atoms with van der Waals surface area (Å²) in [7, 11) is 1.32. The molecular formula is C17H17N3O7. The van der Waals surface area contributed by atoms with Gasteiger partial charge in [-0.05, 0) is 13.0 Å². The Balaban J connectivity index is 3.27. The Bertz CT molecular complexity index is 890. The number of aromatic hydroxyl groups is 2. The number of nitrogens with zero attached hydrogens (tertiary/aromatic N) is 3. The maximum atomic E-state index is 12.3. The zero-order valence-corrected chi connectivity index (χ0v) is 14.5. The number of hydrogen-bond acceptors (Lipinski definition) is 8. The fourth-order valence-corrected chi connectivity index (χ4v) is 1.87. The van der Waals surface area contributed by atoms with Crippen molar-refractivity contribution < 1.29 is 30.1 Å². The van der Waals surface area contributed by atoms with Gasteiger partial charge in [0.05, 0.1) is 18.1 Å². The number of aliphatic hydroxyl groups excluding tert-OH is 2. The molecule has 0 spiro atoms. The van der Waals surface area contributed by atoms with Crippen LogP contribution < -0.4 is 0 Å². The number of nitro benzene ring substituents is 1. The molecule has 27 heavy (non-hydrogen) atoms. The molecule has 0 fully saturated rings. The van der Waals surface area contributed by atoms with Gasteiger partial charge >= 0.3 is 5.69 Å². The molecule has 0 radical (unpaired) electrons. The van der Waals surface area contributed by atoms with Crippen molar-refractivity contribution in [1.29, 1.82) is 5.26 Å². The minimum Gasteiger partial charge on any atom is -0.506 e. The number of nitriles is 1. The van der Waals surface area contributed by atoms with Crippen LogP contribution in [0.1, 0.15) is 12.5 Å². The third-order valence-corrected chi connectivity index (χ3v) is 3.39. The van der Waals surface area contributed by atoms with Crippen molar-refractivity contribution >= 4 is 17.4 Å². The average Bonchev–Trinajstić information content (AvgIpc) is 2.63. The first-order valence-electron chi connectivity index (χ1n) is 7.52. The Morgan fingerprint density at radius 1 is 1.41 bits per heavy atom. The lowest BCUT2D eigenvalue weighted by Gasteiger charge is -2.14. The summed E-state index contributed by atoms with van der Waals surface area (Å²) in [5, 5.41) is 58.2. The largest absolute Gasteiger partial charge is 0.506 e. The van der Waals surface area contributed by atoms with E-state index in [-0.39, 0.29) is 19.1 Å². The fraction of sp³-hybridized carbons (Fsp3) is 0.294. The van der Waals surface area contributed by atoms with Crippen LogP contribution in [0, 0.1) is 39.2 Å². The number of aliphatic hydroxyl groups is 2. The summed E-state index contributed by atoms with van der Waals surface area (Å²) in [5.41, 5.74) is -2.03. The van der Waals surface area contributed by atoms with E-state index in [9.17, 15) is 35.5 Å². The highest BCUT2D eigenvalue weighted by molar-refractivity contribution is 6.03. The van der Waals surface area contributed by atoms with Gasteiger partial charge in [0, 0.05) is 24.6 Å². The predicted molar refractivity (Wildman–Crippen MR) is 93.3 cm³/mol. The number of nitro groups is 1. The van der Waals surface area contributed by atoms with Gasteiger partial charge in [-0.25, -0.2) is 0 Å². The van der Waals surface area contributed by atoms with E-state index in [0.29, 0.717) is 0 Å². The average molecular weight is 375 g/mol. The number of benzene rings is 1. The van der Waals surface area contributed by atoms with Crippen LogP contribution in [0.4, 0.5) is 5.69 Å². The molecule has 1 aromatic rings. The van der Waals surface area contributed by atoms with Crippen molar-refractivity contribution in [1.82, 2.24) is 4.90 Å². The maximum Gasteiger partial charge on any atom is 0.315 e. The van der Waals surface area contributed by atoms with Gasteiger partial charge < -0.3 is 25.3 Å². The quantitative estimate of drug-likeness (QED) is 0.112. The van der Waals surface area contributed by atoms with Crippen molar-refractivity contribution in [2.75, 3.05) is 20.2 Å². The van der Waals surface area contributed by atoms with E-state index >= 15 is 0 Å². The van der Waals surface area contributed by atoms with Crippen LogP contribution in [-0.4, -0.2) is 56.4 Å². The maximum absolute atomic E-state index is 12.3. The first-order chi connectivity index (χ1) is 12.6. The molecule has 0 aliphatic carbocycles. The number of phenolic OH excluding ortho intramolecular Hbond substituents is 2. The number of rotatable bonds is 5. The molecule has 0 bridgehead atoms. The normalized spacial score (nSPS) is 12.1. The van der Waals surface area contributed by atoms with Gasteiger partial charge in [-0.15, -0.1) is 0 Å². The van der Waals surface area contributed by atoms with Gasteiger partial charge in [-0.3, -0.25) is 14.9 Å². The van der Waals surface area contributed by atoms with Gasteiger partial charge in [0.25, 0.3) is 5.91 Å². The van der Waals surface area contributed by atoms with E-state index < -0.39 is 44.9 Å². The summed E-state index contributed by atoms with van der Waals surface area (Å²) in [4.78, 5) is 23.3. The van der Waals surface area contributed by atoms with E-state index in [1.54, 1.807) is 6.92 Å². The van der Waals surface area contributed by atoms with Crippen molar-refractivity contribution in [2.45, 2.75) is 6.92 Å². The second-order valence-electron chi connectivity index (χ2n) is 5.52. The molecular weight excluding hydrogens is 358 g/mol. The van der Waals surface area contributed by atoms with Crippen molar-refractivity contribution in [3.05, 3.63) is 33.4 Å². The summed E-state index contributed by atoms with van der Waals surface area (Å²) in [6.07, 6.45) is 0. The molecule has 0 heterocycles. The topological polar surface area (TPSA) is 168 Å². The summed E-state index contributed by atoms with van der Waals surface area (Å²) in [6, 6.07) is 3.01. The predicted octanol–water partition coefficient (Wildman–Crippen LogP) is 0.889. The summed E-state index contributed by atoms with van der Waals surface area (Å²) in [5.74, 6) is 1.31. The molecule has 4 N–H and O–H groups in total. The van der Waals surface area contributed by atoms with E-state index in [2.05, 4.69) is 11.8 Å². The number of carbonyl (C=O) groups excluding carboxylic acids is 1. The van der Waals surface area contributed by atoms with E-state index in [1.807, 2.05) is 0 Å². The van der Waals surface area contributed by atoms with Crippen LogP contribution in [0.3, 0.4) is 0 Å². The van der Waals surface area contributed by atoms with Crippen LogP contribution >= 0.6 is 0 Å². The molecule has 1 atom stereocenters. The van der Waals surface area contributed by atoms with Crippen LogP contribution in [0.25, 0.3) is 5.76 Å². The third kappa shape index (κ3) is 5.11. The first-order valence-corrected chi connectivity index (χ1v) is 7.52. The van der Waals surface area contributed by atoms with E-state index in [1.165, 1.54) is 13.1 Å². The SMILES string of the molecule is CC(C#CCN(C)C(=O)/C(C#N)=C(\O)c1cc(O)c(O)c([N+](=O)[O-])c1)CO. The van der Waals surface area contributed by atoms with E-state index in [0.717, 1.165) is 17.0 Å². The molecule has 0 saturated heterocycles. The highest BCUT2D eigenvalue weighted by atomic mass is 16.6. The second-order valence-corrected chi connectivity index (χ2v) is 5.52. The third-order valence-electron chi connectivity index (χ3n) is 3.39. The molecule has 10 nitrogen and oxygen atoms in total. The Kier molecular flexibility index (Phi) is 7.16. The molecule has 1 amide bonds. The molecule has 0 aliphatic heterocycles. The molecule has 0 saturated carbocycles. The Morgan fingerprint density at radius 3 is 2.56 bits per heavy atom. The van der Waals surface area contributed by atoms with Crippen molar-refractivity contribution in [3.63, 3.8) is 0 Å². The molecule has 1 aromatic carbocycles. The number of carbonyl (C=O) groups is 1. The zero-order valence-electron chi connectivity index (χ0n) is 14.5. The van der Waals surface area contributed by atoms with Crippen LogP contribution in [0.5, 0.6) is 11.5 Å². The molecule has 0 aromatic heterocycles. The summed E-state index contributed by atoms with van der Waals surface area (Å²) >= 11 is 0. The van der Waals surface area contributed by atoms with Gasteiger partial charge in [0.1, 0.15) is 11.8 Å². The minimum absolute atomic E-state index is 0.0946. The minimum atomic E-state index is -1.01. The lowest BCUT2D eigenvalue weighted by atomic mass is 10.1. The van der Waals surface area contributed by atoms with Crippen LogP contribution in [0.15, 0.2) is 17.7 Å². The zero-order chi connectivity index (χ0) is 20.7. The lowest BCUT2D eigenvalue weighted by Crippen LogP contribution is -2.28. The Morgan fingerprint density at radius 2 is 2.04 bits per heavy atom. The Hall–Kier alpha value is -3.76. The molecule has 142 valence electrons. The smallest absolute Gasteiger partial charge is 0.315 e. The fourth-order valence-electron chi connectivity index (χ4n) is 1.87. The monoisotopic (exact) mass is 375 g/mol. The van der Waals surface area contributed by atoms with Crippen molar-refractivity contribution in [2.24, 2.45) is 5.92 Å². The molecule has 1 unspecified atom stereocenters. The van der Waals surface area contributed by atoms with Crippen LogP contribution in [0.2, 0.25) is 0 Å². The number of amides is 1. The van der Waals surface area contributed by atoms with Gasteiger partial charge in [-0.2, -0.15) is 5.26 Å². The highest BCUT2D eigenvalue weighted by Gasteiger charge is 2.24. The Labute approximate surface area is 154 Å². The summed E-state index contributed by atoms with van der Waals surface area (Å²) in [6.45, 7) is 1.42. The van der Waals surface area contributed by atoms with Crippen molar-refractivity contribution in [3.8, 4) is 29.4 Å². The van der Waals surface area contributed by atoms with Crippen LogP contribution in [-0.2, 0) is 4.79 Å². The molecule has 0 aliphatic rings. The number of phenols is 2. The standard InChI is InChI=1S/C17H17N3O7/c1-10(9-21)4-3-5-19(2)17(25)12(8-18)15(23)11-6-13(20(26)27)16(24)14(22)7-11/h6-7,10,21-24H,5,9H2,1-2H3/b15-12-. The van der Waals surface area contributed by atoms with Gasteiger partial charge in [0.2, 0.25) is 5.75 Å². The molecule has 10 heteroatoms.